The maximum atomic E-state index is 2.31. The molecule has 0 bridgehead atoms. The summed E-state index contributed by atoms with van der Waals surface area (Å²) in [6.07, 6.45) is 8.29. The molecule has 12 heavy (non-hydrogen) atoms. The maximum absolute atomic E-state index is 2.31. The Kier molecular flexibility index (Phi) is 9.71. The molecule has 0 aliphatic carbocycles. The number of hydrogen-bond donors (Lipinski definition) is 0. The van der Waals surface area contributed by atoms with Gasteiger partial charge in [-0.15, -0.1) is 0 Å². The fraction of sp³-hybridized carbons (Fsp3) is 1.00. The second kappa shape index (κ2) is 9.44. The number of thioether (sulfide) groups is 1. The summed E-state index contributed by atoms with van der Waals surface area (Å²) in [5.41, 5.74) is 0. The zero-order valence-electron chi connectivity index (χ0n) is 8.94. The van der Waals surface area contributed by atoms with Gasteiger partial charge in [-0.1, -0.05) is 40.0 Å². The summed E-state index contributed by atoms with van der Waals surface area (Å²) < 4.78 is 0. The van der Waals surface area contributed by atoms with Crippen LogP contribution in [0.1, 0.15) is 59.3 Å². The summed E-state index contributed by atoms with van der Waals surface area (Å²) in [4.78, 5) is 0. The molecule has 0 amide bonds. The van der Waals surface area contributed by atoms with Gasteiger partial charge in [-0.2, -0.15) is 11.8 Å². The van der Waals surface area contributed by atoms with E-state index in [0.717, 1.165) is 5.25 Å². The standard InChI is InChI=1S/C11H24S/c1-4-7-8-10-12-11(6-3)9-5-2/h11H,4-10H2,1-3H3. The zero-order valence-corrected chi connectivity index (χ0v) is 9.75. The minimum Gasteiger partial charge on any atom is -0.159 e. The average Bonchev–Trinajstić information content (AvgIpc) is 2.10. The third kappa shape index (κ3) is 7.02. The molecule has 0 spiro atoms. The Labute approximate surface area is 82.5 Å². The minimum atomic E-state index is 0.937. The second-order valence-corrected chi connectivity index (χ2v) is 4.81. The third-order valence-electron chi connectivity index (χ3n) is 2.17. The molecule has 0 nitrogen and oxygen atoms in total. The molecule has 0 saturated carbocycles. The summed E-state index contributed by atoms with van der Waals surface area (Å²) in [6.45, 7) is 6.87. The van der Waals surface area contributed by atoms with Crippen molar-refractivity contribution in [3.63, 3.8) is 0 Å². The number of rotatable bonds is 8. The lowest BCUT2D eigenvalue weighted by molar-refractivity contribution is 0.714. The summed E-state index contributed by atoms with van der Waals surface area (Å²) >= 11 is 2.19. The molecule has 0 saturated heterocycles. The van der Waals surface area contributed by atoms with Crippen LogP contribution in [0.4, 0.5) is 0 Å². The fourth-order valence-electron chi connectivity index (χ4n) is 1.33. The van der Waals surface area contributed by atoms with Crippen LogP contribution in [0.15, 0.2) is 0 Å². The van der Waals surface area contributed by atoms with E-state index in [0.29, 0.717) is 0 Å². The molecule has 1 atom stereocenters. The van der Waals surface area contributed by atoms with E-state index in [1.54, 1.807) is 0 Å². The molecule has 0 aromatic heterocycles. The Morgan fingerprint density at radius 1 is 1.00 bits per heavy atom. The Bertz CT molecular complexity index is 81.1. The molecule has 0 aliphatic rings. The van der Waals surface area contributed by atoms with Crippen molar-refractivity contribution in [2.75, 3.05) is 5.75 Å². The van der Waals surface area contributed by atoms with E-state index in [9.17, 15) is 0 Å². The van der Waals surface area contributed by atoms with Crippen molar-refractivity contribution in [1.29, 1.82) is 0 Å². The highest BCUT2D eigenvalue weighted by Crippen LogP contribution is 2.20. The van der Waals surface area contributed by atoms with Crippen LogP contribution in [0.25, 0.3) is 0 Å². The van der Waals surface area contributed by atoms with Gasteiger partial charge in [0.15, 0.2) is 0 Å². The average molecular weight is 188 g/mol. The highest BCUT2D eigenvalue weighted by molar-refractivity contribution is 7.99. The SMILES string of the molecule is CCCCCSC(CC)CCC. The van der Waals surface area contributed by atoms with Crippen molar-refractivity contribution in [3.05, 3.63) is 0 Å². The first kappa shape index (κ1) is 12.3. The predicted octanol–water partition coefficient (Wildman–Crippen LogP) is 4.49. The van der Waals surface area contributed by atoms with Gasteiger partial charge in [-0.3, -0.25) is 0 Å². The van der Waals surface area contributed by atoms with Gasteiger partial charge in [0, 0.05) is 5.25 Å². The number of unbranched alkanes of at least 4 members (excludes halogenated alkanes) is 2. The van der Waals surface area contributed by atoms with Gasteiger partial charge in [-0.25, -0.2) is 0 Å². The summed E-state index contributed by atoms with van der Waals surface area (Å²) in [5.74, 6) is 1.38. The normalized spacial score (nSPS) is 13.2. The first-order valence-corrected chi connectivity index (χ1v) is 6.51. The van der Waals surface area contributed by atoms with Crippen LogP contribution in [0.2, 0.25) is 0 Å². The van der Waals surface area contributed by atoms with Crippen molar-refractivity contribution >= 4 is 11.8 Å². The molecule has 0 fully saturated rings. The molecule has 0 aromatic rings. The highest BCUT2D eigenvalue weighted by atomic mass is 32.2. The van der Waals surface area contributed by atoms with Gasteiger partial charge in [-0.05, 0) is 25.0 Å². The minimum absolute atomic E-state index is 0.937. The lowest BCUT2D eigenvalue weighted by Crippen LogP contribution is -2.00. The molecule has 0 aliphatic heterocycles. The zero-order chi connectivity index (χ0) is 9.23. The summed E-state index contributed by atoms with van der Waals surface area (Å²) in [5, 5.41) is 0.937. The second-order valence-electron chi connectivity index (χ2n) is 3.40. The fourth-order valence-corrected chi connectivity index (χ4v) is 2.67. The number of hydrogen-bond acceptors (Lipinski definition) is 1. The van der Waals surface area contributed by atoms with Crippen molar-refractivity contribution < 1.29 is 0 Å². The Morgan fingerprint density at radius 2 is 1.75 bits per heavy atom. The Hall–Kier alpha value is 0.350. The van der Waals surface area contributed by atoms with Crippen molar-refractivity contribution in [1.82, 2.24) is 0 Å². The molecule has 0 N–H and O–H groups in total. The third-order valence-corrected chi connectivity index (χ3v) is 3.73. The van der Waals surface area contributed by atoms with Crippen molar-refractivity contribution in [2.24, 2.45) is 0 Å². The van der Waals surface area contributed by atoms with Gasteiger partial charge in [0.25, 0.3) is 0 Å². The molecule has 0 rings (SSSR count). The maximum Gasteiger partial charge on any atom is 0.00443 e. The van der Waals surface area contributed by atoms with E-state index < -0.39 is 0 Å². The van der Waals surface area contributed by atoms with Crippen LogP contribution in [0.5, 0.6) is 0 Å². The molecule has 0 heterocycles. The lowest BCUT2D eigenvalue weighted by Gasteiger charge is -2.12. The molecular formula is C11H24S. The van der Waals surface area contributed by atoms with Gasteiger partial charge in [0.1, 0.15) is 0 Å². The molecule has 0 radical (unpaired) electrons. The van der Waals surface area contributed by atoms with Gasteiger partial charge >= 0.3 is 0 Å². The van der Waals surface area contributed by atoms with Crippen molar-refractivity contribution in [3.8, 4) is 0 Å². The predicted molar refractivity (Wildman–Crippen MR) is 61.0 cm³/mol. The Balaban J connectivity index is 3.19. The lowest BCUT2D eigenvalue weighted by atomic mass is 10.2. The molecule has 0 aromatic carbocycles. The first-order valence-electron chi connectivity index (χ1n) is 5.46. The van der Waals surface area contributed by atoms with E-state index in [2.05, 4.69) is 32.5 Å². The van der Waals surface area contributed by atoms with E-state index in [4.69, 9.17) is 0 Å². The van der Waals surface area contributed by atoms with Crippen LogP contribution in [0.3, 0.4) is 0 Å². The molecule has 1 heteroatoms. The van der Waals surface area contributed by atoms with E-state index in [1.807, 2.05) is 0 Å². The monoisotopic (exact) mass is 188 g/mol. The van der Waals surface area contributed by atoms with Crippen LogP contribution in [0, 0.1) is 0 Å². The molecule has 74 valence electrons. The van der Waals surface area contributed by atoms with Gasteiger partial charge in [0.05, 0.1) is 0 Å². The largest absolute Gasteiger partial charge is 0.159 e. The van der Waals surface area contributed by atoms with Crippen LogP contribution in [-0.2, 0) is 0 Å². The highest BCUT2D eigenvalue weighted by Gasteiger charge is 2.03. The van der Waals surface area contributed by atoms with Crippen molar-refractivity contribution in [2.45, 2.75) is 64.5 Å². The Morgan fingerprint density at radius 3 is 2.25 bits per heavy atom. The summed E-state index contributed by atoms with van der Waals surface area (Å²) in [7, 11) is 0. The summed E-state index contributed by atoms with van der Waals surface area (Å²) in [6, 6.07) is 0. The van der Waals surface area contributed by atoms with E-state index in [1.165, 1.54) is 44.3 Å². The first-order chi connectivity index (χ1) is 5.85. The van der Waals surface area contributed by atoms with Crippen LogP contribution in [-0.4, -0.2) is 11.0 Å². The van der Waals surface area contributed by atoms with E-state index >= 15 is 0 Å². The quantitative estimate of drug-likeness (QED) is 0.506. The molecular weight excluding hydrogens is 164 g/mol. The van der Waals surface area contributed by atoms with Crippen LogP contribution >= 0.6 is 11.8 Å². The molecule has 1 unspecified atom stereocenters. The van der Waals surface area contributed by atoms with Gasteiger partial charge in [0.2, 0.25) is 0 Å². The van der Waals surface area contributed by atoms with Crippen LogP contribution < -0.4 is 0 Å². The smallest absolute Gasteiger partial charge is 0.00443 e. The van der Waals surface area contributed by atoms with Gasteiger partial charge < -0.3 is 0 Å². The van der Waals surface area contributed by atoms with E-state index in [-0.39, 0.29) is 0 Å². The topological polar surface area (TPSA) is 0 Å².